The van der Waals surface area contributed by atoms with Gasteiger partial charge >= 0.3 is 6.09 Å². The van der Waals surface area contributed by atoms with Crippen molar-refractivity contribution < 1.29 is 23.9 Å². The van der Waals surface area contributed by atoms with Gasteiger partial charge in [0.05, 0.1) is 6.33 Å². The second-order valence-corrected chi connectivity index (χ2v) is 15.3. The smallest absolute Gasteiger partial charge is 0.408 e. The molecule has 0 radical (unpaired) electrons. The summed E-state index contributed by atoms with van der Waals surface area (Å²) in [4.78, 5) is 60.7. The van der Waals surface area contributed by atoms with Gasteiger partial charge < -0.3 is 30.2 Å². The van der Waals surface area contributed by atoms with Gasteiger partial charge in [-0.25, -0.2) is 9.78 Å². The molecule has 3 N–H and O–H groups in total. The van der Waals surface area contributed by atoms with Crippen LogP contribution in [0.25, 0.3) is 11.1 Å². The van der Waals surface area contributed by atoms with Crippen LogP contribution in [0.4, 0.5) is 10.6 Å². The third-order valence-electron chi connectivity index (χ3n) is 9.52. The van der Waals surface area contributed by atoms with Crippen LogP contribution >= 0.6 is 0 Å². The Labute approximate surface area is 312 Å². The molecule has 2 heterocycles. The monoisotopic (exact) mass is 720 g/mol. The van der Waals surface area contributed by atoms with E-state index in [0.29, 0.717) is 32.4 Å². The zero-order valence-electron chi connectivity index (χ0n) is 31.6. The van der Waals surface area contributed by atoms with Crippen molar-refractivity contribution in [2.75, 3.05) is 18.4 Å². The summed E-state index contributed by atoms with van der Waals surface area (Å²) in [5, 5.41) is 8.35. The molecule has 0 bridgehead atoms. The van der Waals surface area contributed by atoms with Crippen molar-refractivity contribution in [2.45, 2.75) is 96.4 Å². The SMILES string of the molecule is CC(C)(C)OC(=O)NC(C)(C)C(=O)N[C@H](CCCc1ccccc1)C(=O)Nc1cn(C(C)(C(=O)N2CCCC2)c2ccc(-c3ccccc3)cc2)cn1. The average Bonchev–Trinajstić information content (AvgIpc) is 3.84. The van der Waals surface area contributed by atoms with Gasteiger partial charge in [0.25, 0.3) is 5.91 Å². The van der Waals surface area contributed by atoms with Crippen LogP contribution in [0.1, 0.15) is 78.4 Å². The summed E-state index contributed by atoms with van der Waals surface area (Å²) < 4.78 is 7.11. The highest BCUT2D eigenvalue weighted by atomic mass is 16.6. The lowest BCUT2D eigenvalue weighted by Gasteiger charge is -2.34. The van der Waals surface area contributed by atoms with Gasteiger partial charge in [0.2, 0.25) is 11.8 Å². The number of likely N-dealkylation sites (tertiary alicyclic amines) is 1. The third-order valence-corrected chi connectivity index (χ3v) is 9.52. The lowest BCUT2D eigenvalue weighted by Crippen LogP contribution is -2.58. The lowest BCUT2D eigenvalue weighted by atomic mass is 9.88. The summed E-state index contributed by atoms with van der Waals surface area (Å²) >= 11 is 0. The number of aromatic nitrogens is 2. The highest BCUT2D eigenvalue weighted by molar-refractivity contribution is 5.98. The van der Waals surface area contributed by atoms with Crippen LogP contribution in [0.2, 0.25) is 0 Å². The van der Waals surface area contributed by atoms with E-state index in [9.17, 15) is 19.2 Å². The van der Waals surface area contributed by atoms with Crippen molar-refractivity contribution in [1.29, 1.82) is 0 Å². The summed E-state index contributed by atoms with van der Waals surface area (Å²) in [6.07, 6.45) is 6.01. The van der Waals surface area contributed by atoms with E-state index in [-0.39, 0.29) is 11.7 Å². The summed E-state index contributed by atoms with van der Waals surface area (Å²) in [6.45, 7) is 11.6. The first kappa shape index (κ1) is 38.8. The fraction of sp³-hybridized carbons (Fsp3) is 0.405. The highest BCUT2D eigenvalue weighted by Gasteiger charge is 2.41. The molecule has 3 aromatic carbocycles. The number of amides is 4. The summed E-state index contributed by atoms with van der Waals surface area (Å²) in [6, 6.07) is 27.0. The van der Waals surface area contributed by atoms with Crippen LogP contribution in [0.5, 0.6) is 0 Å². The van der Waals surface area contributed by atoms with Gasteiger partial charge in [0, 0.05) is 19.3 Å². The summed E-state index contributed by atoms with van der Waals surface area (Å²) in [5.74, 6) is -0.825. The maximum absolute atomic E-state index is 14.3. The van der Waals surface area contributed by atoms with Crippen molar-refractivity contribution in [3.05, 3.63) is 109 Å². The number of anilines is 1. The molecule has 4 aromatic rings. The first-order valence-corrected chi connectivity index (χ1v) is 18.3. The maximum Gasteiger partial charge on any atom is 0.408 e. The van der Waals surface area contributed by atoms with Crippen molar-refractivity contribution >= 4 is 29.6 Å². The molecule has 280 valence electrons. The van der Waals surface area contributed by atoms with Gasteiger partial charge in [-0.15, -0.1) is 0 Å². The number of hydrogen-bond acceptors (Lipinski definition) is 6. The van der Waals surface area contributed by atoms with Crippen LogP contribution in [0.3, 0.4) is 0 Å². The van der Waals surface area contributed by atoms with Gasteiger partial charge in [0.15, 0.2) is 5.82 Å². The highest BCUT2D eigenvalue weighted by Crippen LogP contribution is 2.33. The third kappa shape index (κ3) is 9.91. The predicted octanol–water partition coefficient (Wildman–Crippen LogP) is 6.69. The minimum atomic E-state index is -1.38. The Balaban J connectivity index is 1.37. The zero-order chi connectivity index (χ0) is 38.2. The van der Waals surface area contributed by atoms with Gasteiger partial charge in [-0.05, 0) is 95.9 Å². The molecule has 11 heteroatoms. The summed E-state index contributed by atoms with van der Waals surface area (Å²) in [7, 11) is 0. The van der Waals surface area contributed by atoms with Crippen LogP contribution in [-0.2, 0) is 31.1 Å². The molecule has 4 amide bonds. The Bertz CT molecular complexity index is 1860. The summed E-state index contributed by atoms with van der Waals surface area (Å²) in [5.41, 5.74) is 0.743. The second kappa shape index (κ2) is 16.5. The van der Waals surface area contributed by atoms with Crippen LogP contribution in [0, 0.1) is 0 Å². The predicted molar refractivity (Wildman–Crippen MR) is 206 cm³/mol. The van der Waals surface area contributed by atoms with Crippen molar-refractivity contribution in [1.82, 2.24) is 25.1 Å². The molecule has 2 atom stereocenters. The van der Waals surface area contributed by atoms with Crippen LogP contribution < -0.4 is 16.0 Å². The Morgan fingerprint density at radius 2 is 1.42 bits per heavy atom. The number of nitrogens with zero attached hydrogens (tertiary/aromatic N) is 3. The number of imidazole rings is 1. The lowest BCUT2D eigenvalue weighted by molar-refractivity contribution is -0.137. The molecule has 0 aliphatic carbocycles. The Hall–Kier alpha value is -5.45. The molecular formula is C42H52N6O5. The van der Waals surface area contributed by atoms with E-state index in [1.165, 1.54) is 0 Å². The van der Waals surface area contributed by atoms with E-state index >= 15 is 0 Å². The molecule has 11 nitrogen and oxygen atoms in total. The molecule has 53 heavy (non-hydrogen) atoms. The van der Waals surface area contributed by atoms with Gasteiger partial charge in [-0.3, -0.25) is 14.4 Å². The van der Waals surface area contributed by atoms with Crippen molar-refractivity contribution in [3.8, 4) is 11.1 Å². The molecule has 1 aliphatic heterocycles. The molecular weight excluding hydrogens is 668 g/mol. The number of hydrogen-bond donors (Lipinski definition) is 3. The number of carbonyl (C=O) groups excluding carboxylic acids is 4. The minimum Gasteiger partial charge on any atom is -0.444 e. The number of alkyl carbamates (subject to hydrolysis) is 1. The van der Waals surface area contributed by atoms with Crippen molar-refractivity contribution in [3.63, 3.8) is 0 Å². The van der Waals surface area contributed by atoms with Crippen molar-refractivity contribution in [2.24, 2.45) is 0 Å². The van der Waals surface area contributed by atoms with Crippen LogP contribution in [-0.4, -0.2) is 68.5 Å². The molecule has 1 aromatic heterocycles. The molecule has 1 saturated heterocycles. The standard InChI is InChI=1S/C42H52N6O5/c1-40(2,3)53-39(52)46-41(4,5)37(50)44-34(21-15-18-30-16-9-7-10-17-30)36(49)45-35-28-48(29-43-35)42(6,38(51)47-26-13-14-27-47)33-24-22-32(23-25-33)31-19-11-8-12-20-31/h7-12,16-17,19-20,22-25,28-29,34H,13-15,18,21,26-27H2,1-6H3,(H,44,50)(H,45,49)(H,46,52)/t34-,42?/m1/s1. The minimum absolute atomic E-state index is 0.0523. The fourth-order valence-corrected chi connectivity index (χ4v) is 6.45. The quantitative estimate of drug-likeness (QED) is 0.141. The molecule has 1 unspecified atom stereocenters. The normalized spacial score (nSPS) is 14.9. The van der Waals surface area contributed by atoms with E-state index in [1.54, 1.807) is 51.7 Å². The Kier molecular flexibility index (Phi) is 12.1. The maximum atomic E-state index is 14.3. The van der Waals surface area contributed by atoms with E-state index in [2.05, 4.69) is 20.9 Å². The van der Waals surface area contributed by atoms with E-state index in [1.807, 2.05) is 96.8 Å². The first-order valence-electron chi connectivity index (χ1n) is 18.3. The molecule has 0 saturated carbocycles. The molecule has 0 spiro atoms. The molecule has 1 aliphatic rings. The van der Waals surface area contributed by atoms with Gasteiger partial charge in [-0.1, -0.05) is 84.9 Å². The number of carbonyl (C=O) groups is 4. The number of nitrogens with one attached hydrogen (secondary N) is 3. The average molecular weight is 721 g/mol. The zero-order valence-corrected chi connectivity index (χ0v) is 31.6. The van der Waals surface area contributed by atoms with E-state index in [0.717, 1.165) is 35.1 Å². The Morgan fingerprint density at radius 1 is 0.811 bits per heavy atom. The Morgan fingerprint density at radius 3 is 2.04 bits per heavy atom. The van der Waals surface area contributed by atoms with Gasteiger partial charge in [-0.2, -0.15) is 0 Å². The topological polar surface area (TPSA) is 135 Å². The number of aryl methyl sites for hydroxylation is 1. The molecule has 5 rings (SSSR count). The van der Waals surface area contributed by atoms with Crippen LogP contribution in [0.15, 0.2) is 97.5 Å². The fourth-order valence-electron chi connectivity index (χ4n) is 6.45. The largest absolute Gasteiger partial charge is 0.444 e. The second-order valence-electron chi connectivity index (χ2n) is 15.3. The van der Waals surface area contributed by atoms with Gasteiger partial charge in [0.1, 0.15) is 22.7 Å². The first-order chi connectivity index (χ1) is 25.2. The van der Waals surface area contributed by atoms with E-state index < -0.39 is 40.6 Å². The number of ether oxygens (including phenoxy) is 1. The molecule has 1 fully saturated rings. The number of benzene rings is 3. The van der Waals surface area contributed by atoms with E-state index in [4.69, 9.17) is 4.74 Å². The number of rotatable bonds is 13.